The van der Waals surface area contributed by atoms with Crippen LogP contribution in [0.25, 0.3) is 16.2 Å². The van der Waals surface area contributed by atoms with Crippen LogP contribution in [0.15, 0.2) is 24.5 Å². The molecule has 3 rings (SSSR count). The van der Waals surface area contributed by atoms with Crippen LogP contribution >= 0.6 is 11.5 Å². The molecule has 3 aromatic heterocycles. The maximum atomic E-state index is 11.1. The minimum atomic E-state index is -1.05. The van der Waals surface area contributed by atoms with Crippen molar-refractivity contribution in [3.05, 3.63) is 35.8 Å². The second-order valence-corrected chi connectivity index (χ2v) is 4.61. The van der Waals surface area contributed by atoms with Gasteiger partial charge in [0, 0.05) is 6.20 Å². The zero-order chi connectivity index (χ0) is 12.7. The van der Waals surface area contributed by atoms with Crippen LogP contribution in [0.2, 0.25) is 0 Å². The van der Waals surface area contributed by atoms with Gasteiger partial charge in [0.05, 0.1) is 11.1 Å². The Morgan fingerprint density at radius 3 is 2.95 bits per heavy atom. The van der Waals surface area contributed by atoms with Crippen molar-refractivity contribution in [2.24, 2.45) is 0 Å². The molecule has 1 N–H and O–H groups in total. The van der Waals surface area contributed by atoms with Crippen molar-refractivity contribution in [2.75, 3.05) is 0 Å². The molecule has 92 valence electrons. The summed E-state index contributed by atoms with van der Waals surface area (Å²) in [5, 5.41) is 13.4. The van der Waals surface area contributed by atoms with Crippen molar-refractivity contribution in [3.8, 4) is 10.6 Å². The summed E-state index contributed by atoms with van der Waals surface area (Å²) in [6.45, 7) is 1.88. The van der Waals surface area contributed by atoms with E-state index in [9.17, 15) is 4.79 Å². The van der Waals surface area contributed by atoms with Gasteiger partial charge in [0.25, 0.3) is 0 Å². The number of hydrogen-bond donors (Lipinski definition) is 1. The van der Waals surface area contributed by atoms with Crippen molar-refractivity contribution in [1.82, 2.24) is 19.0 Å². The van der Waals surface area contributed by atoms with E-state index in [1.165, 1.54) is 22.2 Å². The van der Waals surface area contributed by atoms with Crippen molar-refractivity contribution in [3.63, 3.8) is 0 Å². The van der Waals surface area contributed by atoms with E-state index in [0.717, 1.165) is 10.4 Å². The number of carbonyl (C=O) groups is 1. The molecule has 0 atom stereocenters. The van der Waals surface area contributed by atoms with Crippen molar-refractivity contribution >= 4 is 23.1 Å². The molecule has 0 aliphatic heterocycles. The third-order valence-electron chi connectivity index (χ3n) is 2.56. The summed E-state index contributed by atoms with van der Waals surface area (Å²) in [5.74, 6) is -1.05. The summed E-state index contributed by atoms with van der Waals surface area (Å²) < 4.78 is 5.37. The summed E-state index contributed by atoms with van der Waals surface area (Å²) >= 11 is 1.32. The molecule has 0 radical (unpaired) electrons. The smallest absolute Gasteiger partial charge is 1.00 e. The molecule has 0 aliphatic rings. The molecular formula is C11H9LiN4O2S. The van der Waals surface area contributed by atoms with Crippen LogP contribution in [-0.2, 0) is 0 Å². The minimum Gasteiger partial charge on any atom is -1.00 e. The number of hydrogen-bond acceptors (Lipinski definition) is 5. The molecule has 3 aromatic rings. The minimum absolute atomic E-state index is 0. The average Bonchev–Trinajstić information content (AvgIpc) is 2.97. The van der Waals surface area contributed by atoms with Crippen LogP contribution in [0, 0.1) is 6.92 Å². The monoisotopic (exact) mass is 268 g/mol. The third kappa shape index (κ3) is 2.28. The number of fused-ring (bicyclic) bond motifs is 1. The Bertz CT molecular complexity index is 744. The topological polar surface area (TPSA) is 80.4 Å². The quantitative estimate of drug-likeness (QED) is 0.601. The second-order valence-electron chi connectivity index (χ2n) is 3.77. The maximum Gasteiger partial charge on any atom is 1.00 e. The average molecular weight is 268 g/mol. The molecule has 0 bridgehead atoms. The van der Waals surface area contributed by atoms with E-state index in [-0.39, 0.29) is 26.0 Å². The molecule has 0 fully saturated rings. The molecule has 0 saturated heterocycles. The molecule has 3 heterocycles. The number of carboxylic acids is 1. The predicted molar refractivity (Wildman–Crippen MR) is 66.9 cm³/mol. The number of aromatic nitrogens is 4. The summed E-state index contributed by atoms with van der Waals surface area (Å²) in [4.78, 5) is 16.0. The van der Waals surface area contributed by atoms with Crippen LogP contribution in [0.3, 0.4) is 0 Å². The van der Waals surface area contributed by atoms with Gasteiger partial charge in [0.2, 0.25) is 0 Å². The van der Waals surface area contributed by atoms with Gasteiger partial charge in [-0.3, -0.25) is 0 Å². The summed E-state index contributed by atoms with van der Waals surface area (Å²) in [7, 11) is 0. The third-order valence-corrected chi connectivity index (χ3v) is 3.33. The van der Waals surface area contributed by atoms with Crippen molar-refractivity contribution in [2.45, 2.75) is 6.92 Å². The number of imidazole rings is 1. The molecule has 0 unspecified atom stereocenters. The van der Waals surface area contributed by atoms with Gasteiger partial charge in [0.1, 0.15) is 5.69 Å². The van der Waals surface area contributed by atoms with Gasteiger partial charge >= 0.3 is 24.8 Å². The Kier molecular flexibility index (Phi) is 3.71. The fourth-order valence-corrected chi connectivity index (χ4v) is 2.29. The fraction of sp³-hybridized carbons (Fsp3) is 0.0909. The van der Waals surface area contributed by atoms with Gasteiger partial charge < -0.3 is 6.53 Å². The fourth-order valence-electron chi connectivity index (χ4n) is 1.74. The van der Waals surface area contributed by atoms with Gasteiger partial charge in [-0.25, -0.2) is 18.7 Å². The molecule has 0 amide bonds. The second kappa shape index (κ2) is 5.13. The normalized spacial score (nSPS) is 10.4. The largest absolute Gasteiger partial charge is 1.00 e. The number of aromatic carboxylic acids is 1. The van der Waals surface area contributed by atoms with Gasteiger partial charge in [0.15, 0.2) is 11.3 Å². The first-order chi connectivity index (χ1) is 8.66. The van der Waals surface area contributed by atoms with Gasteiger partial charge in [-0.05, 0) is 36.2 Å². The summed E-state index contributed by atoms with van der Waals surface area (Å²) in [6, 6.07) is 3.72. The van der Waals surface area contributed by atoms with Crippen LogP contribution in [0.5, 0.6) is 0 Å². The Labute approximate surface area is 125 Å². The van der Waals surface area contributed by atoms with E-state index < -0.39 is 5.97 Å². The summed E-state index contributed by atoms with van der Waals surface area (Å²) in [5.41, 5.74) is 2.18. The Morgan fingerprint density at radius 2 is 2.32 bits per heavy atom. The number of aryl methyl sites for hydroxylation is 1. The van der Waals surface area contributed by atoms with Gasteiger partial charge in [-0.1, -0.05) is 0 Å². The maximum absolute atomic E-state index is 11.1. The molecule has 0 aromatic carbocycles. The van der Waals surface area contributed by atoms with E-state index in [2.05, 4.69) is 14.5 Å². The first kappa shape index (κ1) is 13.7. The molecule has 0 aliphatic carbocycles. The zero-order valence-corrected chi connectivity index (χ0v) is 11.2. The van der Waals surface area contributed by atoms with Crippen molar-refractivity contribution < 1.29 is 30.2 Å². The van der Waals surface area contributed by atoms with Crippen LogP contribution in [0.1, 0.15) is 17.5 Å². The molecule has 6 nitrogen and oxygen atoms in total. The van der Waals surface area contributed by atoms with E-state index in [0.29, 0.717) is 11.3 Å². The summed E-state index contributed by atoms with van der Waals surface area (Å²) in [6.07, 6.45) is 3.00. The Morgan fingerprint density at radius 1 is 1.53 bits per heavy atom. The number of nitrogens with zero attached hydrogens (tertiary/aromatic N) is 4. The predicted octanol–water partition coefficient (Wildman–Crippen LogP) is -1.02. The number of carboxylic acid groups (broad SMARTS) is 1. The van der Waals surface area contributed by atoms with Crippen LogP contribution < -0.4 is 18.9 Å². The van der Waals surface area contributed by atoms with E-state index in [1.807, 2.05) is 19.1 Å². The Balaban J connectivity index is 0.000001000. The molecule has 19 heavy (non-hydrogen) atoms. The standard InChI is InChI=1S/C11H8N4O2S.Li.H/c1-6-4-7(9-2-3-13-18-9)14-15-8(11(16)17)5-12-10(6)15;;/h2-5H,1H3,(H,16,17);;/q;+1;-1. The molecule has 0 spiro atoms. The number of rotatable bonds is 2. The van der Waals surface area contributed by atoms with E-state index >= 15 is 0 Å². The van der Waals surface area contributed by atoms with Crippen LogP contribution in [0.4, 0.5) is 0 Å². The SMILES string of the molecule is Cc1cc(-c2ccns2)nn2c(C(=O)O)cnc12.[H-].[Li+]. The van der Waals surface area contributed by atoms with Gasteiger partial charge in [-0.15, -0.1) is 0 Å². The molecule has 0 saturated carbocycles. The molecular weight excluding hydrogens is 259 g/mol. The van der Waals surface area contributed by atoms with Crippen molar-refractivity contribution in [1.29, 1.82) is 0 Å². The first-order valence-corrected chi connectivity index (χ1v) is 5.94. The molecule has 8 heteroatoms. The zero-order valence-electron chi connectivity index (χ0n) is 11.4. The van der Waals surface area contributed by atoms with Crippen LogP contribution in [-0.4, -0.2) is 30.0 Å². The Hall–Kier alpha value is -1.68. The first-order valence-electron chi connectivity index (χ1n) is 5.16. The van der Waals surface area contributed by atoms with E-state index in [1.54, 1.807) is 6.20 Å². The van der Waals surface area contributed by atoms with Gasteiger partial charge in [-0.2, -0.15) is 5.10 Å². The van der Waals surface area contributed by atoms with E-state index in [4.69, 9.17) is 5.11 Å².